The van der Waals surface area contributed by atoms with Crippen LogP contribution in [0.15, 0.2) is 69.4 Å². The number of ketones is 1. The summed E-state index contributed by atoms with van der Waals surface area (Å²) >= 11 is 8.76. The number of Topliss-reactive ketones (excluding diaryl/α,β-unsaturated/α-hetero) is 1. The third kappa shape index (κ3) is 3.90. The molecule has 4 nitrogen and oxygen atoms in total. The standard InChI is InChI=1S/C21H17ClN2O2S2/c1-13-11-17-19(28-13)20(26)24(16-5-3-2-4-6-16)21(23-17)27-12-18(25)14-7-9-15(22)10-8-14/h2-10,13H,11-12H2,1H3. The molecule has 1 atom stereocenters. The van der Waals surface area contributed by atoms with Crippen LogP contribution >= 0.6 is 35.1 Å². The summed E-state index contributed by atoms with van der Waals surface area (Å²) in [5.41, 5.74) is 2.11. The van der Waals surface area contributed by atoms with E-state index < -0.39 is 0 Å². The first-order chi connectivity index (χ1) is 13.5. The van der Waals surface area contributed by atoms with E-state index in [1.54, 1.807) is 40.6 Å². The number of nitrogens with zero attached hydrogens (tertiary/aromatic N) is 2. The maximum Gasteiger partial charge on any atom is 0.272 e. The molecule has 0 bridgehead atoms. The number of carbonyl (C=O) groups excluding carboxylic acids is 1. The van der Waals surface area contributed by atoms with E-state index in [2.05, 4.69) is 6.92 Å². The van der Waals surface area contributed by atoms with Crippen molar-refractivity contribution in [2.45, 2.75) is 28.6 Å². The molecule has 0 saturated heterocycles. The van der Waals surface area contributed by atoms with E-state index in [1.165, 1.54) is 11.8 Å². The van der Waals surface area contributed by atoms with Crippen molar-refractivity contribution in [2.24, 2.45) is 0 Å². The molecule has 0 spiro atoms. The van der Waals surface area contributed by atoms with Gasteiger partial charge in [0.15, 0.2) is 10.9 Å². The van der Waals surface area contributed by atoms with Crippen LogP contribution in [0, 0.1) is 0 Å². The van der Waals surface area contributed by atoms with Gasteiger partial charge in [-0.2, -0.15) is 0 Å². The minimum Gasteiger partial charge on any atom is -0.293 e. The molecule has 0 saturated carbocycles. The van der Waals surface area contributed by atoms with E-state index in [1.807, 2.05) is 30.3 Å². The van der Waals surface area contributed by atoms with Gasteiger partial charge in [-0.1, -0.05) is 48.5 Å². The Bertz CT molecular complexity index is 1080. The van der Waals surface area contributed by atoms with Gasteiger partial charge in [0.25, 0.3) is 5.56 Å². The zero-order chi connectivity index (χ0) is 19.7. The van der Waals surface area contributed by atoms with Gasteiger partial charge in [0, 0.05) is 22.3 Å². The number of carbonyl (C=O) groups is 1. The van der Waals surface area contributed by atoms with Gasteiger partial charge in [-0.3, -0.25) is 14.2 Å². The largest absolute Gasteiger partial charge is 0.293 e. The number of hydrogen-bond donors (Lipinski definition) is 0. The monoisotopic (exact) mass is 428 g/mol. The summed E-state index contributed by atoms with van der Waals surface area (Å²) in [4.78, 5) is 31.2. The molecule has 2 aromatic carbocycles. The van der Waals surface area contributed by atoms with E-state index >= 15 is 0 Å². The zero-order valence-corrected chi connectivity index (χ0v) is 17.5. The number of fused-ring (bicyclic) bond motifs is 1. The smallest absolute Gasteiger partial charge is 0.272 e. The minimum atomic E-state index is -0.0630. The average molecular weight is 429 g/mol. The normalized spacial score (nSPS) is 15.4. The molecule has 1 aliphatic heterocycles. The maximum atomic E-state index is 13.2. The Hall–Kier alpha value is -2.02. The highest BCUT2D eigenvalue weighted by Crippen LogP contribution is 2.35. The molecule has 1 aliphatic rings. The van der Waals surface area contributed by atoms with Crippen molar-refractivity contribution in [2.75, 3.05) is 5.75 Å². The molecule has 0 aliphatic carbocycles. The second-order valence-electron chi connectivity index (χ2n) is 6.50. The van der Waals surface area contributed by atoms with E-state index in [9.17, 15) is 9.59 Å². The van der Waals surface area contributed by atoms with Crippen molar-refractivity contribution < 1.29 is 4.79 Å². The van der Waals surface area contributed by atoms with Gasteiger partial charge in [0.2, 0.25) is 0 Å². The molecule has 4 rings (SSSR count). The summed E-state index contributed by atoms with van der Waals surface area (Å²) in [6, 6.07) is 16.3. The van der Waals surface area contributed by atoms with Crippen LogP contribution < -0.4 is 5.56 Å². The highest BCUT2D eigenvalue weighted by atomic mass is 35.5. The summed E-state index contributed by atoms with van der Waals surface area (Å²) in [6.45, 7) is 2.09. The van der Waals surface area contributed by atoms with Crippen molar-refractivity contribution >= 4 is 40.9 Å². The molecule has 0 N–H and O–H groups in total. The van der Waals surface area contributed by atoms with Gasteiger partial charge in [-0.05, 0) is 36.4 Å². The Kier molecular flexibility index (Phi) is 5.62. The van der Waals surface area contributed by atoms with Gasteiger partial charge in [-0.15, -0.1) is 11.8 Å². The third-order valence-corrected chi connectivity index (χ3v) is 6.80. The van der Waals surface area contributed by atoms with Crippen LogP contribution in [0.1, 0.15) is 23.0 Å². The summed E-state index contributed by atoms with van der Waals surface area (Å²) in [5, 5.41) is 1.47. The predicted molar refractivity (Wildman–Crippen MR) is 115 cm³/mol. The van der Waals surface area contributed by atoms with Crippen molar-refractivity contribution in [3.05, 3.63) is 81.2 Å². The fraction of sp³-hybridized carbons (Fsp3) is 0.190. The van der Waals surface area contributed by atoms with Gasteiger partial charge in [-0.25, -0.2) is 4.98 Å². The fourth-order valence-corrected chi connectivity index (χ4v) is 5.20. The van der Waals surface area contributed by atoms with Crippen molar-refractivity contribution in [3.8, 4) is 5.69 Å². The molecule has 142 valence electrons. The second-order valence-corrected chi connectivity index (χ2v) is 9.33. The lowest BCUT2D eigenvalue weighted by Gasteiger charge is -2.13. The number of thioether (sulfide) groups is 2. The molecule has 3 aromatic rings. The van der Waals surface area contributed by atoms with E-state index in [4.69, 9.17) is 16.6 Å². The highest BCUT2D eigenvalue weighted by Gasteiger charge is 2.27. The van der Waals surface area contributed by atoms with Crippen LogP contribution in [-0.2, 0) is 6.42 Å². The number of para-hydroxylation sites is 1. The predicted octanol–water partition coefficient (Wildman–Crippen LogP) is 4.90. The molecule has 0 fully saturated rings. The number of benzene rings is 2. The molecule has 0 amide bonds. The number of hydrogen-bond acceptors (Lipinski definition) is 5. The Balaban J connectivity index is 1.69. The Morgan fingerprint density at radius 3 is 2.64 bits per heavy atom. The average Bonchev–Trinajstić information content (AvgIpc) is 3.08. The molecule has 2 heterocycles. The van der Waals surface area contributed by atoms with Crippen LogP contribution in [0.4, 0.5) is 0 Å². The quantitative estimate of drug-likeness (QED) is 0.328. The van der Waals surface area contributed by atoms with E-state index in [-0.39, 0.29) is 17.1 Å². The summed E-state index contributed by atoms with van der Waals surface area (Å²) in [5.74, 6) is 0.168. The van der Waals surface area contributed by atoms with E-state index in [0.717, 1.165) is 17.8 Å². The summed E-state index contributed by atoms with van der Waals surface area (Å²) < 4.78 is 1.61. The van der Waals surface area contributed by atoms with Crippen LogP contribution in [0.5, 0.6) is 0 Å². The van der Waals surface area contributed by atoms with Gasteiger partial charge < -0.3 is 0 Å². The van der Waals surface area contributed by atoms with Crippen LogP contribution in [0.2, 0.25) is 5.02 Å². The lowest BCUT2D eigenvalue weighted by Crippen LogP contribution is -2.24. The molecule has 1 aromatic heterocycles. The first-order valence-electron chi connectivity index (χ1n) is 8.82. The molecular formula is C21H17ClN2O2S2. The summed E-state index contributed by atoms with van der Waals surface area (Å²) in [7, 11) is 0. The summed E-state index contributed by atoms with van der Waals surface area (Å²) in [6.07, 6.45) is 0.767. The van der Waals surface area contributed by atoms with Crippen LogP contribution in [-0.4, -0.2) is 26.3 Å². The minimum absolute atomic E-state index is 0.0289. The highest BCUT2D eigenvalue weighted by molar-refractivity contribution is 8.00. The fourth-order valence-electron chi connectivity index (χ4n) is 3.05. The number of halogens is 1. The van der Waals surface area contributed by atoms with Crippen LogP contribution in [0.25, 0.3) is 5.69 Å². The topological polar surface area (TPSA) is 52.0 Å². The van der Waals surface area contributed by atoms with E-state index in [0.29, 0.717) is 25.9 Å². The van der Waals surface area contributed by atoms with Crippen molar-refractivity contribution in [1.82, 2.24) is 9.55 Å². The zero-order valence-electron chi connectivity index (χ0n) is 15.1. The lowest BCUT2D eigenvalue weighted by molar-refractivity contribution is 0.102. The first-order valence-corrected chi connectivity index (χ1v) is 11.1. The Labute approximate surface area is 176 Å². The Morgan fingerprint density at radius 2 is 1.93 bits per heavy atom. The molecular weight excluding hydrogens is 412 g/mol. The van der Waals surface area contributed by atoms with Gasteiger partial charge >= 0.3 is 0 Å². The van der Waals surface area contributed by atoms with Gasteiger partial charge in [0.1, 0.15) is 0 Å². The first kappa shape index (κ1) is 19.3. The molecule has 0 radical (unpaired) electrons. The lowest BCUT2D eigenvalue weighted by atomic mass is 10.1. The molecule has 7 heteroatoms. The maximum absolute atomic E-state index is 13.2. The van der Waals surface area contributed by atoms with Crippen LogP contribution in [0.3, 0.4) is 0 Å². The number of aromatic nitrogens is 2. The van der Waals surface area contributed by atoms with Crippen molar-refractivity contribution in [1.29, 1.82) is 0 Å². The SMILES string of the molecule is CC1Cc2nc(SCC(=O)c3ccc(Cl)cc3)n(-c3ccccc3)c(=O)c2S1. The van der Waals surface area contributed by atoms with Crippen molar-refractivity contribution in [3.63, 3.8) is 0 Å². The Morgan fingerprint density at radius 1 is 1.21 bits per heavy atom. The van der Waals surface area contributed by atoms with Gasteiger partial charge in [0.05, 0.1) is 22.0 Å². The second kappa shape index (κ2) is 8.15. The number of rotatable bonds is 5. The molecule has 1 unspecified atom stereocenters. The molecule has 28 heavy (non-hydrogen) atoms. The third-order valence-electron chi connectivity index (χ3n) is 4.39.